The topological polar surface area (TPSA) is 41.6 Å². The summed E-state index contributed by atoms with van der Waals surface area (Å²) in [5.41, 5.74) is 2.71. The Balaban J connectivity index is 2.08. The fourth-order valence-electron chi connectivity index (χ4n) is 2.27. The number of hydrogen-bond donors (Lipinski definition) is 1. The minimum absolute atomic E-state index is 0.0292. The Morgan fingerprint density at radius 2 is 2.10 bits per heavy atom. The van der Waals surface area contributed by atoms with Crippen LogP contribution >= 0.6 is 15.9 Å². The Kier molecular flexibility index (Phi) is 3.36. The second kappa shape index (κ2) is 5.17. The molecule has 1 N–H and O–H groups in total. The number of anilines is 3. The molecule has 0 aromatic heterocycles. The molecule has 0 saturated carbocycles. The first-order valence-corrected chi connectivity index (χ1v) is 6.97. The zero-order valence-corrected chi connectivity index (χ0v) is 12.5. The van der Waals surface area contributed by atoms with E-state index >= 15 is 0 Å². The highest BCUT2D eigenvalue weighted by Gasteiger charge is 2.23. The number of rotatable bonds is 2. The van der Waals surface area contributed by atoms with Crippen LogP contribution in [0.4, 0.5) is 17.1 Å². The summed E-state index contributed by atoms with van der Waals surface area (Å²) in [4.78, 5) is 13.9. The molecule has 0 aliphatic carbocycles. The predicted molar refractivity (Wildman–Crippen MR) is 82.8 cm³/mol. The lowest BCUT2D eigenvalue weighted by Gasteiger charge is -2.31. The van der Waals surface area contributed by atoms with Gasteiger partial charge in [-0.1, -0.05) is 22.0 Å². The highest BCUT2D eigenvalue weighted by molar-refractivity contribution is 9.10. The first-order valence-electron chi connectivity index (χ1n) is 6.18. The molecule has 1 aliphatic rings. The predicted octanol–water partition coefficient (Wildman–Crippen LogP) is 3.55. The fraction of sp³-hybridized carbons (Fsp3) is 0.133. The van der Waals surface area contributed by atoms with Gasteiger partial charge in [0.05, 0.1) is 18.5 Å². The highest BCUT2D eigenvalue weighted by Crippen LogP contribution is 2.37. The normalized spacial score (nSPS) is 13.7. The van der Waals surface area contributed by atoms with E-state index in [1.807, 2.05) is 47.4 Å². The summed E-state index contributed by atoms with van der Waals surface area (Å²) in [5.74, 6) is 0.741. The van der Waals surface area contributed by atoms with Crippen LogP contribution in [0.1, 0.15) is 0 Å². The summed E-state index contributed by atoms with van der Waals surface area (Å²) < 4.78 is 6.18. The van der Waals surface area contributed by atoms with Crippen LogP contribution in [0.5, 0.6) is 5.75 Å². The number of ether oxygens (including phenoxy) is 1. The van der Waals surface area contributed by atoms with Gasteiger partial charge in [-0.25, -0.2) is 0 Å². The van der Waals surface area contributed by atoms with Crippen LogP contribution in [-0.2, 0) is 4.79 Å². The molecule has 5 heteroatoms. The van der Waals surface area contributed by atoms with Crippen LogP contribution in [0.25, 0.3) is 0 Å². The summed E-state index contributed by atoms with van der Waals surface area (Å²) in [5, 5.41) is 2.89. The summed E-state index contributed by atoms with van der Waals surface area (Å²) in [7, 11) is 1.63. The molecule has 0 spiro atoms. The van der Waals surface area contributed by atoms with Gasteiger partial charge in [0.15, 0.2) is 0 Å². The largest absolute Gasteiger partial charge is 0.497 e. The Labute approximate surface area is 125 Å². The van der Waals surface area contributed by atoms with Gasteiger partial charge in [0.1, 0.15) is 12.3 Å². The van der Waals surface area contributed by atoms with Crippen molar-refractivity contribution in [1.82, 2.24) is 0 Å². The average Bonchev–Trinajstić information content (AvgIpc) is 2.46. The molecule has 1 heterocycles. The second-order valence-electron chi connectivity index (χ2n) is 4.50. The van der Waals surface area contributed by atoms with Crippen LogP contribution in [0.15, 0.2) is 46.9 Å². The van der Waals surface area contributed by atoms with E-state index in [0.717, 1.165) is 27.3 Å². The van der Waals surface area contributed by atoms with Crippen LogP contribution in [-0.4, -0.2) is 19.6 Å². The van der Waals surface area contributed by atoms with E-state index in [2.05, 4.69) is 21.2 Å². The maximum Gasteiger partial charge on any atom is 0.244 e. The quantitative estimate of drug-likeness (QED) is 0.914. The van der Waals surface area contributed by atoms with Gasteiger partial charge in [-0.15, -0.1) is 0 Å². The SMILES string of the molecule is COc1cccc(N2CC(=O)Nc3cc(Br)ccc32)c1. The molecule has 2 aromatic carbocycles. The molecule has 0 unspecified atom stereocenters. The number of hydrogen-bond acceptors (Lipinski definition) is 3. The van der Waals surface area contributed by atoms with Crippen molar-refractivity contribution < 1.29 is 9.53 Å². The van der Waals surface area contributed by atoms with Crippen LogP contribution in [0.2, 0.25) is 0 Å². The van der Waals surface area contributed by atoms with E-state index in [0.29, 0.717) is 6.54 Å². The van der Waals surface area contributed by atoms with E-state index in [1.54, 1.807) is 7.11 Å². The number of methoxy groups -OCH3 is 1. The summed E-state index contributed by atoms with van der Waals surface area (Å²) >= 11 is 3.42. The van der Waals surface area contributed by atoms with Gasteiger partial charge in [0.25, 0.3) is 0 Å². The zero-order valence-electron chi connectivity index (χ0n) is 10.9. The van der Waals surface area contributed by atoms with Crippen molar-refractivity contribution in [3.8, 4) is 5.75 Å². The molecule has 1 aliphatic heterocycles. The molecule has 0 radical (unpaired) electrons. The second-order valence-corrected chi connectivity index (χ2v) is 5.41. The Hall–Kier alpha value is -2.01. The van der Waals surface area contributed by atoms with Crippen molar-refractivity contribution in [2.75, 3.05) is 23.9 Å². The molecule has 0 atom stereocenters. The fourth-order valence-corrected chi connectivity index (χ4v) is 2.63. The summed E-state index contributed by atoms with van der Waals surface area (Å²) in [6, 6.07) is 13.5. The number of fused-ring (bicyclic) bond motifs is 1. The first-order chi connectivity index (χ1) is 9.67. The lowest BCUT2D eigenvalue weighted by Crippen LogP contribution is -2.34. The van der Waals surface area contributed by atoms with Crippen molar-refractivity contribution in [3.63, 3.8) is 0 Å². The standard InChI is InChI=1S/C15H13BrN2O2/c1-20-12-4-2-3-11(8-12)18-9-15(19)17-13-7-10(16)5-6-14(13)18/h2-8H,9H2,1H3,(H,17,19). The number of amides is 1. The number of carbonyl (C=O) groups excluding carboxylic acids is 1. The van der Waals surface area contributed by atoms with Gasteiger partial charge < -0.3 is 15.0 Å². The van der Waals surface area contributed by atoms with E-state index < -0.39 is 0 Å². The molecular formula is C15H13BrN2O2. The molecule has 0 bridgehead atoms. The number of benzene rings is 2. The van der Waals surface area contributed by atoms with Crippen molar-refractivity contribution in [2.24, 2.45) is 0 Å². The molecule has 0 saturated heterocycles. The van der Waals surface area contributed by atoms with Crippen LogP contribution in [0.3, 0.4) is 0 Å². The number of nitrogens with one attached hydrogen (secondary N) is 1. The van der Waals surface area contributed by atoms with Crippen molar-refractivity contribution in [2.45, 2.75) is 0 Å². The monoisotopic (exact) mass is 332 g/mol. The molecule has 2 aromatic rings. The number of nitrogens with zero attached hydrogens (tertiary/aromatic N) is 1. The maximum atomic E-state index is 11.9. The van der Waals surface area contributed by atoms with Gasteiger partial charge >= 0.3 is 0 Å². The van der Waals surface area contributed by atoms with Gasteiger partial charge in [0, 0.05) is 16.2 Å². The van der Waals surface area contributed by atoms with Gasteiger partial charge in [-0.2, -0.15) is 0 Å². The molecule has 20 heavy (non-hydrogen) atoms. The summed E-state index contributed by atoms with van der Waals surface area (Å²) in [6.45, 7) is 0.293. The molecule has 0 fully saturated rings. The third-order valence-corrected chi connectivity index (χ3v) is 3.68. The van der Waals surface area contributed by atoms with E-state index in [4.69, 9.17) is 4.74 Å². The van der Waals surface area contributed by atoms with E-state index in [-0.39, 0.29) is 5.91 Å². The van der Waals surface area contributed by atoms with Gasteiger partial charge in [-0.05, 0) is 30.3 Å². The molecule has 1 amide bonds. The minimum atomic E-state index is -0.0292. The van der Waals surface area contributed by atoms with Crippen molar-refractivity contribution in [3.05, 3.63) is 46.9 Å². The van der Waals surface area contributed by atoms with Crippen LogP contribution in [0, 0.1) is 0 Å². The zero-order chi connectivity index (χ0) is 14.1. The van der Waals surface area contributed by atoms with Crippen LogP contribution < -0.4 is 15.0 Å². The lowest BCUT2D eigenvalue weighted by molar-refractivity contribution is -0.115. The van der Waals surface area contributed by atoms with E-state index in [1.165, 1.54) is 0 Å². The smallest absolute Gasteiger partial charge is 0.244 e. The molecule has 102 valence electrons. The van der Waals surface area contributed by atoms with Crippen molar-refractivity contribution >= 4 is 38.9 Å². The average molecular weight is 333 g/mol. The molecular weight excluding hydrogens is 320 g/mol. The molecule has 4 nitrogen and oxygen atoms in total. The lowest BCUT2D eigenvalue weighted by atomic mass is 10.1. The minimum Gasteiger partial charge on any atom is -0.497 e. The highest BCUT2D eigenvalue weighted by atomic mass is 79.9. The third-order valence-electron chi connectivity index (χ3n) is 3.19. The third kappa shape index (κ3) is 2.36. The van der Waals surface area contributed by atoms with Gasteiger partial charge in [-0.3, -0.25) is 4.79 Å². The Bertz CT molecular complexity index is 673. The van der Waals surface area contributed by atoms with Gasteiger partial charge in [0.2, 0.25) is 5.91 Å². The molecule has 3 rings (SSSR count). The maximum absolute atomic E-state index is 11.9. The Morgan fingerprint density at radius 3 is 2.90 bits per heavy atom. The first kappa shape index (κ1) is 13.0. The number of carbonyl (C=O) groups is 1. The summed E-state index contributed by atoms with van der Waals surface area (Å²) in [6.07, 6.45) is 0. The Morgan fingerprint density at radius 1 is 1.25 bits per heavy atom. The van der Waals surface area contributed by atoms with Crippen molar-refractivity contribution in [1.29, 1.82) is 0 Å². The number of halogens is 1. The van der Waals surface area contributed by atoms with E-state index in [9.17, 15) is 4.79 Å².